The molecule has 0 aliphatic heterocycles. The first-order valence-corrected chi connectivity index (χ1v) is 12.8. The van der Waals surface area contributed by atoms with Gasteiger partial charge in [-0.25, -0.2) is 4.79 Å². The number of carboxylic acid groups (broad SMARTS) is 1. The lowest BCUT2D eigenvalue weighted by atomic mass is 10.1. The third-order valence-corrected chi connectivity index (χ3v) is 5.54. The SMILES string of the molecule is CSCCC(NC(=O)CN)C(=O)NC(CCSC)C(=O)NC(CCCN=C(N)N)C(=O)O. The standard InChI is InChI=1S/C18H35N7O5S2/c1-31-8-5-11(23-14(26)10-19)15(27)24-12(6-9-32-2)16(28)25-13(17(29)30)4-3-7-22-18(20)21/h11-13H,3-10,19H2,1-2H3,(H,23,26)(H,24,27)(H,25,28)(H,29,30)(H4,20,21,22). The highest BCUT2D eigenvalue weighted by Gasteiger charge is 2.29. The number of nitrogens with one attached hydrogen (secondary N) is 3. The maximum atomic E-state index is 12.8. The Labute approximate surface area is 196 Å². The summed E-state index contributed by atoms with van der Waals surface area (Å²) < 4.78 is 0. The Morgan fingerprint density at radius 2 is 1.38 bits per heavy atom. The lowest BCUT2D eigenvalue weighted by Gasteiger charge is -2.24. The summed E-state index contributed by atoms with van der Waals surface area (Å²) >= 11 is 2.99. The molecule has 0 aromatic rings. The van der Waals surface area contributed by atoms with E-state index in [9.17, 15) is 24.3 Å². The van der Waals surface area contributed by atoms with Crippen LogP contribution in [-0.2, 0) is 19.2 Å². The third kappa shape index (κ3) is 13.3. The van der Waals surface area contributed by atoms with E-state index >= 15 is 0 Å². The Morgan fingerprint density at radius 1 is 0.875 bits per heavy atom. The van der Waals surface area contributed by atoms with E-state index in [0.717, 1.165) is 0 Å². The van der Waals surface area contributed by atoms with Gasteiger partial charge in [0.2, 0.25) is 17.7 Å². The summed E-state index contributed by atoms with van der Waals surface area (Å²) in [5, 5.41) is 17.1. The minimum atomic E-state index is -1.20. The van der Waals surface area contributed by atoms with Crippen molar-refractivity contribution < 1.29 is 24.3 Å². The van der Waals surface area contributed by atoms with E-state index in [1.807, 2.05) is 12.5 Å². The zero-order valence-corrected chi connectivity index (χ0v) is 20.1. The van der Waals surface area contributed by atoms with Gasteiger partial charge in [0, 0.05) is 6.54 Å². The fraction of sp³-hybridized carbons (Fsp3) is 0.722. The number of amides is 3. The molecule has 0 aliphatic rings. The molecule has 0 aliphatic carbocycles. The molecule has 3 atom stereocenters. The summed E-state index contributed by atoms with van der Waals surface area (Å²) in [6.07, 6.45) is 4.83. The van der Waals surface area contributed by atoms with Crippen molar-refractivity contribution in [3.05, 3.63) is 0 Å². The predicted molar refractivity (Wildman–Crippen MR) is 128 cm³/mol. The number of hydrogen-bond acceptors (Lipinski definition) is 8. The smallest absolute Gasteiger partial charge is 0.326 e. The number of aliphatic imine (C=N–C) groups is 1. The summed E-state index contributed by atoms with van der Waals surface area (Å²) in [6.45, 7) is -0.0356. The first kappa shape index (κ1) is 29.8. The van der Waals surface area contributed by atoms with Crippen molar-refractivity contribution >= 4 is 53.2 Å². The maximum Gasteiger partial charge on any atom is 0.326 e. The van der Waals surface area contributed by atoms with Crippen LogP contribution in [0.5, 0.6) is 0 Å². The molecule has 12 nitrogen and oxygen atoms in total. The lowest BCUT2D eigenvalue weighted by molar-refractivity contribution is -0.142. The molecule has 0 spiro atoms. The van der Waals surface area contributed by atoms with Crippen molar-refractivity contribution in [1.29, 1.82) is 0 Å². The Hall–Kier alpha value is -2.19. The minimum absolute atomic E-state index is 0.0986. The molecule has 0 aromatic carbocycles. The van der Waals surface area contributed by atoms with Gasteiger partial charge in [-0.2, -0.15) is 23.5 Å². The Balaban J connectivity index is 5.21. The van der Waals surface area contributed by atoms with Gasteiger partial charge in [-0.3, -0.25) is 19.4 Å². The number of carbonyl (C=O) groups excluding carboxylic acids is 3. The number of guanidine groups is 1. The van der Waals surface area contributed by atoms with Crippen molar-refractivity contribution in [2.24, 2.45) is 22.2 Å². The number of rotatable bonds is 17. The molecule has 184 valence electrons. The first-order chi connectivity index (χ1) is 15.2. The molecule has 3 unspecified atom stereocenters. The van der Waals surface area contributed by atoms with Crippen LogP contribution in [0.4, 0.5) is 0 Å². The van der Waals surface area contributed by atoms with E-state index in [2.05, 4.69) is 20.9 Å². The number of aliphatic carboxylic acids is 1. The summed E-state index contributed by atoms with van der Waals surface area (Å²) in [5.74, 6) is -1.75. The molecule has 14 heteroatoms. The first-order valence-electron chi connectivity index (χ1n) is 10.0. The summed E-state index contributed by atoms with van der Waals surface area (Å²) in [5.41, 5.74) is 15.8. The van der Waals surface area contributed by atoms with Crippen molar-refractivity contribution in [1.82, 2.24) is 16.0 Å². The predicted octanol–water partition coefficient (Wildman–Crippen LogP) is -1.96. The normalized spacial score (nSPS) is 13.3. The minimum Gasteiger partial charge on any atom is -0.480 e. The van der Waals surface area contributed by atoms with Gasteiger partial charge in [0.25, 0.3) is 0 Å². The number of thioether (sulfide) groups is 2. The highest BCUT2D eigenvalue weighted by atomic mass is 32.2. The molecule has 0 radical (unpaired) electrons. The molecule has 0 heterocycles. The Kier molecular flexibility index (Phi) is 16.2. The van der Waals surface area contributed by atoms with Crippen molar-refractivity contribution in [3.63, 3.8) is 0 Å². The van der Waals surface area contributed by atoms with Crippen LogP contribution in [0.25, 0.3) is 0 Å². The molecule has 0 rings (SSSR count). The van der Waals surface area contributed by atoms with Gasteiger partial charge in [-0.05, 0) is 49.7 Å². The maximum absolute atomic E-state index is 12.8. The van der Waals surface area contributed by atoms with Crippen molar-refractivity contribution in [2.45, 2.75) is 43.8 Å². The fourth-order valence-electron chi connectivity index (χ4n) is 2.57. The van der Waals surface area contributed by atoms with E-state index in [4.69, 9.17) is 17.2 Å². The monoisotopic (exact) mass is 493 g/mol. The molecule has 3 amide bonds. The Morgan fingerprint density at radius 3 is 1.81 bits per heavy atom. The van der Waals surface area contributed by atoms with E-state index in [1.54, 1.807) is 0 Å². The van der Waals surface area contributed by atoms with Gasteiger partial charge < -0.3 is 38.3 Å². The molecule has 32 heavy (non-hydrogen) atoms. The Bertz CT molecular complexity index is 647. The van der Waals surface area contributed by atoms with Gasteiger partial charge in [0.15, 0.2) is 5.96 Å². The molecule has 0 aromatic heterocycles. The molecular weight excluding hydrogens is 458 g/mol. The van der Waals surface area contributed by atoms with Gasteiger partial charge >= 0.3 is 5.97 Å². The molecule has 0 fully saturated rings. The van der Waals surface area contributed by atoms with Gasteiger partial charge in [-0.1, -0.05) is 0 Å². The average molecular weight is 494 g/mol. The highest BCUT2D eigenvalue weighted by molar-refractivity contribution is 7.98. The van der Waals surface area contributed by atoms with Gasteiger partial charge in [0.05, 0.1) is 6.54 Å². The van der Waals surface area contributed by atoms with Gasteiger partial charge in [-0.15, -0.1) is 0 Å². The van der Waals surface area contributed by atoms with E-state index in [1.165, 1.54) is 23.5 Å². The van der Waals surface area contributed by atoms with Crippen LogP contribution < -0.4 is 33.2 Å². The zero-order valence-electron chi connectivity index (χ0n) is 18.5. The number of carbonyl (C=O) groups is 4. The average Bonchev–Trinajstić information content (AvgIpc) is 2.74. The summed E-state index contributed by atoms with van der Waals surface area (Å²) in [4.78, 5) is 52.5. The molecule has 0 saturated carbocycles. The number of nitrogens with zero attached hydrogens (tertiary/aromatic N) is 1. The van der Waals surface area contributed by atoms with Crippen LogP contribution in [0.3, 0.4) is 0 Å². The second-order valence-corrected chi connectivity index (χ2v) is 8.77. The largest absolute Gasteiger partial charge is 0.480 e. The quantitative estimate of drug-likeness (QED) is 0.0674. The van der Waals surface area contributed by atoms with Crippen LogP contribution in [0.15, 0.2) is 4.99 Å². The summed E-state index contributed by atoms with van der Waals surface area (Å²) in [7, 11) is 0. The number of nitrogens with two attached hydrogens (primary N) is 3. The molecule has 0 bridgehead atoms. The second kappa shape index (κ2) is 17.4. The summed E-state index contributed by atoms with van der Waals surface area (Å²) in [6, 6.07) is -2.96. The van der Waals surface area contributed by atoms with Crippen LogP contribution in [-0.4, -0.2) is 90.0 Å². The molecule has 10 N–H and O–H groups in total. The van der Waals surface area contributed by atoms with E-state index < -0.39 is 41.8 Å². The van der Waals surface area contributed by atoms with E-state index in [0.29, 0.717) is 30.8 Å². The van der Waals surface area contributed by atoms with Crippen LogP contribution >= 0.6 is 23.5 Å². The van der Waals surface area contributed by atoms with Crippen LogP contribution in [0.1, 0.15) is 25.7 Å². The zero-order chi connectivity index (χ0) is 24.5. The van der Waals surface area contributed by atoms with Gasteiger partial charge in [0.1, 0.15) is 18.1 Å². The molecule has 0 saturated heterocycles. The van der Waals surface area contributed by atoms with E-state index in [-0.39, 0.29) is 25.5 Å². The van der Waals surface area contributed by atoms with Crippen molar-refractivity contribution in [2.75, 3.05) is 37.1 Å². The van der Waals surface area contributed by atoms with Crippen molar-refractivity contribution in [3.8, 4) is 0 Å². The second-order valence-electron chi connectivity index (χ2n) is 6.80. The van der Waals surface area contributed by atoms with Crippen LogP contribution in [0.2, 0.25) is 0 Å². The molecular formula is C18H35N7O5S2. The third-order valence-electron chi connectivity index (χ3n) is 4.25. The number of carboxylic acids is 1. The topological polar surface area (TPSA) is 215 Å². The lowest BCUT2D eigenvalue weighted by Crippen LogP contribution is -2.56. The van der Waals surface area contributed by atoms with Crippen LogP contribution in [0, 0.1) is 0 Å². The number of hydrogen-bond donors (Lipinski definition) is 7. The highest BCUT2D eigenvalue weighted by Crippen LogP contribution is 2.07. The fourth-order valence-corrected chi connectivity index (χ4v) is 3.51.